The SMILES string of the molecule is CCN(c1cc(-c2c(C)o[n+](CN(c3cc(-c4cnn(C)c4C)cc(C(=O)NCc4c(C)cc(C)[nH]c4=O)c3C)C3CCC(N(C)C)CC3)c2C)cc(C(=O)NCc2c(C)cc(C)[nH]c2=O)c1C)C1CCC(N(C)C)CC1. The number of aromatic nitrogens is 5. The maximum atomic E-state index is 14.7. The quantitative estimate of drug-likeness (QED) is 0.0648. The van der Waals surface area contributed by atoms with Crippen molar-refractivity contribution in [1.82, 2.24) is 40.2 Å². The van der Waals surface area contributed by atoms with Gasteiger partial charge < -0.3 is 40.2 Å². The fraction of sp³-hybridized carbons (Fsp3) is 0.508. The van der Waals surface area contributed by atoms with Gasteiger partial charge in [0, 0.05) is 126 Å². The average Bonchev–Trinajstić information content (AvgIpc) is 3.89. The first-order valence-corrected chi connectivity index (χ1v) is 27.7. The van der Waals surface area contributed by atoms with Gasteiger partial charge in [0.1, 0.15) is 0 Å². The van der Waals surface area contributed by atoms with Gasteiger partial charge in [0.05, 0.1) is 11.8 Å². The zero-order valence-electron chi connectivity index (χ0n) is 48.5. The molecule has 4 N–H and O–H groups in total. The number of anilines is 2. The summed E-state index contributed by atoms with van der Waals surface area (Å²) in [6, 6.07) is 13.6. The maximum absolute atomic E-state index is 14.7. The Morgan fingerprint density at radius 2 is 1.09 bits per heavy atom. The van der Waals surface area contributed by atoms with Gasteiger partial charge in [0.15, 0.2) is 5.76 Å². The number of rotatable bonds is 17. The zero-order chi connectivity index (χ0) is 55.7. The predicted molar refractivity (Wildman–Crippen MR) is 307 cm³/mol. The van der Waals surface area contributed by atoms with Gasteiger partial charge in [-0.1, -0.05) is 0 Å². The van der Waals surface area contributed by atoms with Crippen molar-refractivity contribution >= 4 is 23.2 Å². The lowest BCUT2D eigenvalue weighted by atomic mass is 9.88. The molecule has 2 aliphatic rings. The first kappa shape index (κ1) is 56.4. The number of hydrogen-bond donors (Lipinski definition) is 4. The highest BCUT2D eigenvalue weighted by molar-refractivity contribution is 6.00. The number of nitrogens with zero attached hydrogens (tertiary/aromatic N) is 7. The van der Waals surface area contributed by atoms with E-state index in [1.54, 1.807) is 0 Å². The van der Waals surface area contributed by atoms with Crippen LogP contribution < -0.4 is 36.3 Å². The first-order valence-electron chi connectivity index (χ1n) is 27.7. The Balaban J connectivity index is 1.23. The molecule has 0 bridgehead atoms. The summed E-state index contributed by atoms with van der Waals surface area (Å²) in [5.41, 5.74) is 14.0. The molecule has 2 saturated carbocycles. The minimum Gasteiger partial charge on any atom is -0.369 e. The van der Waals surface area contributed by atoms with E-state index >= 15 is 0 Å². The molecule has 4 aromatic heterocycles. The third kappa shape index (κ3) is 11.9. The minimum atomic E-state index is -0.273. The largest absolute Gasteiger partial charge is 0.369 e. The first-order chi connectivity index (χ1) is 36.6. The Labute approximate surface area is 455 Å². The van der Waals surface area contributed by atoms with Crippen LogP contribution in [-0.2, 0) is 26.8 Å². The van der Waals surface area contributed by atoms with E-state index in [0.29, 0.717) is 52.8 Å². The molecule has 2 fully saturated rings. The van der Waals surface area contributed by atoms with Crippen LogP contribution in [0.25, 0.3) is 22.3 Å². The van der Waals surface area contributed by atoms with Crippen molar-refractivity contribution in [1.29, 1.82) is 0 Å². The fourth-order valence-corrected chi connectivity index (χ4v) is 12.4. The van der Waals surface area contributed by atoms with Crippen LogP contribution in [0.3, 0.4) is 0 Å². The van der Waals surface area contributed by atoms with Crippen LogP contribution in [0.4, 0.5) is 11.4 Å². The van der Waals surface area contributed by atoms with E-state index in [1.165, 1.54) is 0 Å². The third-order valence-corrected chi connectivity index (χ3v) is 17.2. The summed E-state index contributed by atoms with van der Waals surface area (Å²) in [6.07, 6.45) is 10.0. The normalized spacial score (nSPS) is 17.8. The maximum Gasteiger partial charge on any atom is 0.268 e. The Morgan fingerprint density at radius 1 is 0.649 bits per heavy atom. The van der Waals surface area contributed by atoms with E-state index in [0.717, 1.165) is 137 Å². The molecule has 8 rings (SSSR count). The van der Waals surface area contributed by atoms with E-state index in [4.69, 9.17) is 4.52 Å². The molecule has 77 heavy (non-hydrogen) atoms. The molecule has 0 atom stereocenters. The van der Waals surface area contributed by atoms with Gasteiger partial charge in [-0.05, 0) is 205 Å². The average molecular weight is 1050 g/mol. The summed E-state index contributed by atoms with van der Waals surface area (Å²) in [5.74, 6) is 0.197. The van der Waals surface area contributed by atoms with Crippen LogP contribution in [0, 0.1) is 62.3 Å². The van der Waals surface area contributed by atoms with Gasteiger partial charge in [0.2, 0.25) is 5.69 Å². The van der Waals surface area contributed by atoms with Gasteiger partial charge in [-0.2, -0.15) is 5.10 Å². The lowest BCUT2D eigenvalue weighted by molar-refractivity contribution is -0.868. The van der Waals surface area contributed by atoms with E-state index < -0.39 is 0 Å². The number of hydrogen-bond acceptors (Lipinski definition) is 10. The second kappa shape index (κ2) is 23.4. The molecular formula is C61H84N11O5+. The van der Waals surface area contributed by atoms with Crippen molar-refractivity contribution in [2.24, 2.45) is 7.05 Å². The van der Waals surface area contributed by atoms with Crippen LogP contribution >= 0.6 is 0 Å². The van der Waals surface area contributed by atoms with Crippen LogP contribution in [0.1, 0.15) is 141 Å². The lowest BCUT2D eigenvalue weighted by Gasteiger charge is -2.40. The fourth-order valence-electron chi connectivity index (χ4n) is 12.4. The smallest absolute Gasteiger partial charge is 0.268 e. The molecule has 412 valence electrons. The second-order valence-electron chi connectivity index (χ2n) is 22.6. The molecule has 2 aliphatic carbocycles. The summed E-state index contributed by atoms with van der Waals surface area (Å²) in [4.78, 5) is 70.9. The number of aryl methyl sites for hydroxylation is 6. The molecule has 16 nitrogen and oxygen atoms in total. The molecule has 0 aliphatic heterocycles. The molecule has 0 spiro atoms. The third-order valence-electron chi connectivity index (χ3n) is 17.2. The molecule has 2 aromatic carbocycles. The predicted octanol–water partition coefficient (Wildman–Crippen LogP) is 8.68. The number of amides is 2. The van der Waals surface area contributed by atoms with Gasteiger partial charge in [-0.3, -0.25) is 23.9 Å². The number of carbonyl (C=O) groups excluding carboxylic acids is 2. The van der Waals surface area contributed by atoms with Crippen molar-refractivity contribution in [3.8, 4) is 22.3 Å². The molecule has 0 radical (unpaired) electrons. The van der Waals surface area contributed by atoms with Crippen molar-refractivity contribution in [2.75, 3.05) is 44.5 Å². The van der Waals surface area contributed by atoms with Crippen LogP contribution in [0.5, 0.6) is 0 Å². The lowest BCUT2D eigenvalue weighted by Crippen LogP contribution is -2.51. The summed E-state index contributed by atoms with van der Waals surface area (Å²) < 4.78 is 10.7. The van der Waals surface area contributed by atoms with Crippen LogP contribution in [0.15, 0.2) is 56.7 Å². The number of pyridine rings is 2. The second-order valence-corrected chi connectivity index (χ2v) is 22.6. The molecule has 16 heteroatoms. The molecule has 6 aromatic rings. The van der Waals surface area contributed by atoms with Crippen molar-refractivity contribution in [2.45, 2.75) is 165 Å². The molecule has 4 heterocycles. The number of carbonyl (C=O) groups is 2. The van der Waals surface area contributed by atoms with Gasteiger partial charge >= 0.3 is 0 Å². The van der Waals surface area contributed by atoms with Gasteiger partial charge in [-0.15, -0.1) is 0 Å². The number of nitrogens with one attached hydrogen (secondary N) is 4. The van der Waals surface area contributed by atoms with Crippen molar-refractivity contribution in [3.05, 3.63) is 136 Å². The number of aromatic amines is 2. The molecule has 0 saturated heterocycles. The summed E-state index contributed by atoms with van der Waals surface area (Å²) >= 11 is 0. The van der Waals surface area contributed by atoms with E-state index in [2.05, 4.69) is 99.5 Å². The monoisotopic (exact) mass is 1050 g/mol. The van der Waals surface area contributed by atoms with E-state index in [1.807, 2.05) is 102 Å². The summed E-state index contributed by atoms with van der Waals surface area (Å²) in [6.45, 7) is 21.2. The Morgan fingerprint density at radius 3 is 1.53 bits per heavy atom. The molecular weight excluding hydrogens is 967 g/mol. The topological polar surface area (TPSA) is 172 Å². The van der Waals surface area contributed by atoms with E-state index in [-0.39, 0.29) is 42.1 Å². The van der Waals surface area contributed by atoms with Gasteiger partial charge in [-0.25, -0.2) is 4.52 Å². The van der Waals surface area contributed by atoms with Crippen LogP contribution in [-0.4, -0.2) is 100 Å². The standard InChI is InChI=1S/C61H83N11O5/c1-16-70(48-21-17-46(18-22-48)67(11)12)55-30-45(28-51(39(55)6)59(74)63-32-53-36(3)26-38(5)66-61(53)76)57-42(9)72(77-43(57)10)34-71(49-23-19-47(20-24-49)68(13)14)56-29-44(54-33-64-69(15)41(54)8)27-50(40(56)7)58(73)62-31-52-35(2)25-37(4)65-60(52)75/h25-30,33,46-49H,16-24,31-32,34H2,1-15H3,(H3-,62,63,65,66,73,74,75,76)/p+1. The van der Waals surface area contributed by atoms with E-state index in [9.17, 15) is 19.2 Å². The Bertz CT molecular complexity index is 3270. The minimum absolute atomic E-state index is 0.0802. The molecule has 2 amide bonds. The van der Waals surface area contributed by atoms with Crippen molar-refractivity contribution in [3.63, 3.8) is 0 Å². The zero-order valence-corrected chi connectivity index (χ0v) is 48.5. The number of benzene rings is 2. The number of H-pyrrole nitrogens is 2. The summed E-state index contributed by atoms with van der Waals surface area (Å²) in [5, 5.41) is 10.9. The van der Waals surface area contributed by atoms with Crippen molar-refractivity contribution < 1.29 is 18.9 Å². The highest BCUT2D eigenvalue weighted by Crippen LogP contribution is 2.40. The highest BCUT2D eigenvalue weighted by atomic mass is 16.5. The molecule has 0 unspecified atom stereocenters. The highest BCUT2D eigenvalue weighted by Gasteiger charge is 2.36. The Kier molecular flexibility index (Phi) is 17.2. The summed E-state index contributed by atoms with van der Waals surface area (Å²) in [7, 11) is 10.6. The van der Waals surface area contributed by atoms with Gasteiger partial charge in [0.25, 0.3) is 29.6 Å². The Hall–Kier alpha value is -6.78. The van der Waals surface area contributed by atoms with Crippen LogP contribution in [0.2, 0.25) is 0 Å².